The lowest BCUT2D eigenvalue weighted by molar-refractivity contribution is -0.145. The Morgan fingerprint density at radius 3 is 2.35 bits per heavy atom. The van der Waals surface area contributed by atoms with Crippen molar-refractivity contribution in [3.63, 3.8) is 0 Å². The summed E-state index contributed by atoms with van der Waals surface area (Å²) in [5.74, 6) is -0.999. The van der Waals surface area contributed by atoms with Crippen molar-refractivity contribution in [1.29, 1.82) is 0 Å². The van der Waals surface area contributed by atoms with Gasteiger partial charge in [-0.15, -0.1) is 11.3 Å². The van der Waals surface area contributed by atoms with Gasteiger partial charge in [-0.1, -0.05) is 62.4 Å². The number of thiazole rings is 1. The second-order valence-corrected chi connectivity index (χ2v) is 14.9. The van der Waals surface area contributed by atoms with E-state index in [1.165, 1.54) is 30.6 Å². The Bertz CT molecular complexity index is 1530. The van der Waals surface area contributed by atoms with Crippen LogP contribution in [0.4, 0.5) is 0 Å². The lowest BCUT2D eigenvalue weighted by Gasteiger charge is -2.32. The van der Waals surface area contributed by atoms with Gasteiger partial charge in [-0.2, -0.15) is 0 Å². The molecule has 3 aromatic rings. The molecule has 2 fully saturated rings. The second-order valence-electron chi connectivity index (χ2n) is 12.2. The van der Waals surface area contributed by atoms with Gasteiger partial charge in [-0.05, 0) is 57.4 Å². The van der Waals surface area contributed by atoms with Gasteiger partial charge in [-0.3, -0.25) is 9.59 Å². The highest BCUT2D eigenvalue weighted by atomic mass is 32.2. The third-order valence-electron chi connectivity index (χ3n) is 7.78. The Morgan fingerprint density at radius 2 is 1.70 bits per heavy atom. The monoisotopic (exact) mass is 583 g/mol. The predicted octanol–water partition coefficient (Wildman–Crippen LogP) is 5.76. The molecule has 1 amide bonds. The van der Waals surface area contributed by atoms with Crippen LogP contribution in [0.25, 0.3) is 22.0 Å². The van der Waals surface area contributed by atoms with Crippen molar-refractivity contribution in [3.8, 4) is 11.3 Å². The fraction of sp³-hybridized carbons (Fsp3) is 0.500. The molecule has 0 saturated heterocycles. The molecule has 2 aromatic carbocycles. The molecule has 0 aliphatic heterocycles. The molecule has 0 unspecified atom stereocenters. The number of aromatic nitrogens is 1. The first-order chi connectivity index (χ1) is 18.9. The molecule has 0 atom stereocenters. The minimum absolute atomic E-state index is 0.164. The number of sulfonamides is 1. The predicted molar refractivity (Wildman–Crippen MR) is 157 cm³/mol. The number of nitrogens with one attached hydrogen (secondary N) is 2. The van der Waals surface area contributed by atoms with Crippen molar-refractivity contribution in [1.82, 2.24) is 15.0 Å². The van der Waals surface area contributed by atoms with Crippen LogP contribution < -0.4 is 10.0 Å². The first-order valence-electron chi connectivity index (χ1n) is 14.0. The number of amides is 1. The minimum Gasteiger partial charge on any atom is -0.481 e. The largest absolute Gasteiger partial charge is 0.481 e. The second kappa shape index (κ2) is 11.2. The molecule has 40 heavy (non-hydrogen) atoms. The molecule has 2 saturated carbocycles. The minimum atomic E-state index is -3.78. The molecule has 0 bridgehead atoms. The molecule has 3 N–H and O–H groups in total. The number of carboxylic acid groups (broad SMARTS) is 1. The fourth-order valence-electron chi connectivity index (χ4n) is 5.81. The maximum absolute atomic E-state index is 13.3. The van der Waals surface area contributed by atoms with E-state index < -0.39 is 27.4 Å². The van der Waals surface area contributed by atoms with E-state index >= 15 is 0 Å². The number of carbonyl (C=O) groups is 2. The molecule has 2 aliphatic carbocycles. The van der Waals surface area contributed by atoms with Crippen molar-refractivity contribution in [2.75, 3.05) is 0 Å². The summed E-state index contributed by atoms with van der Waals surface area (Å²) < 4.78 is 29.4. The first-order valence-corrected chi connectivity index (χ1v) is 16.3. The van der Waals surface area contributed by atoms with Crippen molar-refractivity contribution in [3.05, 3.63) is 46.3 Å². The van der Waals surface area contributed by atoms with E-state index in [9.17, 15) is 23.1 Å². The molecular weight excluding hydrogens is 546 g/mol. The van der Waals surface area contributed by atoms with E-state index in [0.717, 1.165) is 40.8 Å². The van der Waals surface area contributed by atoms with Crippen molar-refractivity contribution < 1.29 is 23.1 Å². The number of hydrogen-bond donors (Lipinski definition) is 3. The lowest BCUT2D eigenvalue weighted by atomic mass is 9.80. The van der Waals surface area contributed by atoms with Crippen LogP contribution in [-0.4, -0.2) is 42.0 Å². The van der Waals surface area contributed by atoms with Crippen LogP contribution >= 0.6 is 11.3 Å². The van der Waals surface area contributed by atoms with Crippen LogP contribution in [0.5, 0.6) is 0 Å². The molecular formula is C30H37N3O5S2. The zero-order chi connectivity index (χ0) is 28.7. The Kier molecular flexibility index (Phi) is 8.05. The van der Waals surface area contributed by atoms with Crippen LogP contribution in [0.3, 0.4) is 0 Å². The van der Waals surface area contributed by atoms with Gasteiger partial charge in [0, 0.05) is 27.4 Å². The zero-order valence-corrected chi connectivity index (χ0v) is 24.8. The van der Waals surface area contributed by atoms with Gasteiger partial charge in [0.25, 0.3) is 5.91 Å². The van der Waals surface area contributed by atoms with Gasteiger partial charge in [0.05, 0.1) is 16.5 Å². The maximum atomic E-state index is 13.3. The van der Waals surface area contributed by atoms with Gasteiger partial charge >= 0.3 is 5.97 Å². The van der Waals surface area contributed by atoms with E-state index in [-0.39, 0.29) is 16.8 Å². The summed E-state index contributed by atoms with van der Waals surface area (Å²) in [5, 5.41) is 13.9. The molecule has 2 aliphatic rings. The third kappa shape index (κ3) is 6.24. The number of carboxylic acids is 1. The summed E-state index contributed by atoms with van der Waals surface area (Å²) in [6.45, 7) is 5.43. The highest BCUT2D eigenvalue weighted by Crippen LogP contribution is 2.39. The number of nitrogens with zero attached hydrogens (tertiary/aromatic N) is 1. The summed E-state index contributed by atoms with van der Waals surface area (Å²) in [5.41, 5.74) is 0.899. The van der Waals surface area contributed by atoms with Crippen LogP contribution in [0.15, 0.2) is 41.3 Å². The molecule has 8 nitrogen and oxygen atoms in total. The topological polar surface area (TPSA) is 125 Å². The van der Waals surface area contributed by atoms with Crippen LogP contribution in [-0.2, 0) is 21.2 Å². The number of benzene rings is 2. The third-order valence-corrected chi connectivity index (χ3v) is 10.7. The molecule has 1 aromatic heterocycles. The van der Waals surface area contributed by atoms with E-state index in [2.05, 4.69) is 10.0 Å². The summed E-state index contributed by atoms with van der Waals surface area (Å²) in [7, 11) is -3.78. The standard InChI is InChI=1S/C30H37N3O5S2/c1-30(2,3)33-40(37,38)25-14-13-23(21-11-7-8-12-22(21)25)26-24(15-18-9-5-4-6-10-18)39-28(32-26)27(34)31-20-16-19(17-20)29(35)36/h7-8,11-14,18-20,33H,4-6,9-10,15-17H2,1-3H3,(H,31,34)(H,35,36). The molecule has 0 spiro atoms. The smallest absolute Gasteiger partial charge is 0.306 e. The Morgan fingerprint density at radius 1 is 1.02 bits per heavy atom. The average Bonchev–Trinajstić information content (AvgIpc) is 3.27. The summed E-state index contributed by atoms with van der Waals surface area (Å²) >= 11 is 1.40. The maximum Gasteiger partial charge on any atom is 0.306 e. The molecule has 10 heteroatoms. The number of hydrogen-bond acceptors (Lipinski definition) is 6. The zero-order valence-electron chi connectivity index (χ0n) is 23.2. The molecule has 214 valence electrons. The van der Waals surface area contributed by atoms with Gasteiger partial charge < -0.3 is 10.4 Å². The van der Waals surface area contributed by atoms with Crippen LogP contribution in [0.1, 0.15) is 80.4 Å². The molecule has 0 radical (unpaired) electrons. The van der Waals surface area contributed by atoms with E-state index in [4.69, 9.17) is 4.98 Å². The fourth-order valence-corrected chi connectivity index (χ4v) is 8.53. The SMILES string of the molecule is CC(C)(C)NS(=O)(=O)c1ccc(-c2nc(C(=O)NC3CC(C(=O)O)C3)sc2CC2CCCCC2)c2ccccc12. The summed E-state index contributed by atoms with van der Waals surface area (Å²) in [6, 6.07) is 10.7. The van der Waals surface area contributed by atoms with E-state index in [1.807, 2.05) is 51.1 Å². The quantitative estimate of drug-likeness (QED) is 0.310. The van der Waals surface area contributed by atoms with E-state index in [1.54, 1.807) is 6.07 Å². The lowest BCUT2D eigenvalue weighted by Crippen LogP contribution is -2.46. The van der Waals surface area contributed by atoms with Gasteiger partial charge in [0.15, 0.2) is 5.01 Å². The highest BCUT2D eigenvalue weighted by Gasteiger charge is 2.36. The van der Waals surface area contributed by atoms with Crippen LogP contribution in [0.2, 0.25) is 0 Å². The van der Waals surface area contributed by atoms with Gasteiger partial charge in [0.2, 0.25) is 10.0 Å². The summed E-state index contributed by atoms with van der Waals surface area (Å²) in [4.78, 5) is 30.4. The number of carbonyl (C=O) groups excluding carboxylic acids is 1. The van der Waals surface area contributed by atoms with Crippen molar-refractivity contribution in [2.45, 2.75) is 88.6 Å². The van der Waals surface area contributed by atoms with Gasteiger partial charge in [0.1, 0.15) is 0 Å². The Hall–Kier alpha value is -2.82. The molecule has 1 heterocycles. The van der Waals surface area contributed by atoms with E-state index in [0.29, 0.717) is 29.2 Å². The number of fused-ring (bicyclic) bond motifs is 1. The normalized spacial score (nSPS) is 20.3. The Balaban J connectivity index is 1.53. The molecule has 5 rings (SSSR count). The van der Waals surface area contributed by atoms with Gasteiger partial charge in [-0.25, -0.2) is 18.1 Å². The number of rotatable bonds is 8. The first kappa shape index (κ1) is 28.7. The van der Waals surface area contributed by atoms with Crippen molar-refractivity contribution in [2.24, 2.45) is 11.8 Å². The van der Waals surface area contributed by atoms with Crippen molar-refractivity contribution >= 4 is 44.0 Å². The average molecular weight is 584 g/mol. The number of aliphatic carboxylic acids is 1. The van der Waals surface area contributed by atoms with Crippen LogP contribution in [0, 0.1) is 11.8 Å². The highest BCUT2D eigenvalue weighted by molar-refractivity contribution is 7.89. The Labute approximate surface area is 239 Å². The summed E-state index contributed by atoms with van der Waals surface area (Å²) in [6.07, 6.45) is 7.63.